The van der Waals surface area contributed by atoms with Crippen molar-refractivity contribution >= 4 is 37.7 Å². The number of sulfonamides is 1. The lowest BCUT2D eigenvalue weighted by Gasteiger charge is -2.14. The molecule has 0 aliphatic carbocycles. The Morgan fingerprint density at radius 1 is 1.44 bits per heavy atom. The summed E-state index contributed by atoms with van der Waals surface area (Å²) in [6.07, 6.45) is 0.161. The molecular formula is C9H11BrN4O3S. The average Bonchev–Trinajstić information content (AvgIpc) is 2.58. The predicted molar refractivity (Wildman–Crippen MR) is 68.2 cm³/mol. The van der Waals surface area contributed by atoms with Crippen LogP contribution in [0.15, 0.2) is 16.7 Å². The van der Waals surface area contributed by atoms with Gasteiger partial charge in [0.1, 0.15) is 4.60 Å². The van der Waals surface area contributed by atoms with E-state index < -0.39 is 10.0 Å². The molecule has 1 unspecified atom stereocenters. The highest BCUT2D eigenvalue weighted by Crippen LogP contribution is 2.24. The summed E-state index contributed by atoms with van der Waals surface area (Å²) in [5.41, 5.74) is 0. The molecule has 0 aromatic carbocycles. The first-order chi connectivity index (χ1) is 8.35. The Bertz CT molecular complexity index is 560. The minimum absolute atomic E-state index is 0.161. The second kappa shape index (κ2) is 4.90. The zero-order valence-corrected chi connectivity index (χ0v) is 11.7. The Labute approximate surface area is 113 Å². The van der Waals surface area contributed by atoms with Crippen molar-refractivity contribution in [2.24, 2.45) is 11.1 Å². The number of halogens is 1. The van der Waals surface area contributed by atoms with Crippen LogP contribution in [0.1, 0.15) is 6.42 Å². The van der Waals surface area contributed by atoms with Crippen LogP contribution in [-0.4, -0.2) is 36.8 Å². The molecule has 1 aromatic heterocycles. The van der Waals surface area contributed by atoms with Gasteiger partial charge in [-0.2, -0.15) is 0 Å². The summed E-state index contributed by atoms with van der Waals surface area (Å²) in [5, 5.41) is 12.6. The van der Waals surface area contributed by atoms with Crippen molar-refractivity contribution < 1.29 is 13.2 Å². The molecule has 9 heteroatoms. The van der Waals surface area contributed by atoms with Gasteiger partial charge in [0.2, 0.25) is 15.9 Å². The van der Waals surface area contributed by atoms with E-state index in [0.29, 0.717) is 17.0 Å². The maximum atomic E-state index is 11.8. The molecule has 1 aliphatic heterocycles. The highest BCUT2D eigenvalue weighted by Gasteiger charge is 2.33. The number of aromatic nitrogens is 2. The van der Waals surface area contributed by atoms with E-state index in [-0.39, 0.29) is 24.0 Å². The lowest BCUT2D eigenvalue weighted by atomic mass is 10.1. The van der Waals surface area contributed by atoms with E-state index in [9.17, 15) is 13.2 Å². The molecule has 1 atom stereocenters. The number of primary sulfonamides is 1. The number of carbonyl (C=O) groups is 1. The minimum atomic E-state index is -3.57. The van der Waals surface area contributed by atoms with Gasteiger partial charge in [0.05, 0.1) is 5.75 Å². The predicted octanol–water partition coefficient (Wildman–Crippen LogP) is -0.119. The van der Waals surface area contributed by atoms with E-state index in [4.69, 9.17) is 5.14 Å². The first-order valence-electron chi connectivity index (χ1n) is 5.15. The number of rotatable bonds is 3. The molecule has 1 amide bonds. The first kappa shape index (κ1) is 13.4. The normalized spacial score (nSPS) is 20.4. The van der Waals surface area contributed by atoms with Crippen LogP contribution in [0.25, 0.3) is 0 Å². The summed E-state index contributed by atoms with van der Waals surface area (Å²) >= 11 is 3.15. The first-order valence-corrected chi connectivity index (χ1v) is 7.66. The molecule has 2 rings (SSSR count). The molecule has 1 saturated heterocycles. The number of amides is 1. The topological polar surface area (TPSA) is 106 Å². The summed E-state index contributed by atoms with van der Waals surface area (Å²) in [6, 6.07) is 3.32. The molecule has 0 spiro atoms. The van der Waals surface area contributed by atoms with Crippen LogP contribution in [0.3, 0.4) is 0 Å². The highest BCUT2D eigenvalue weighted by molar-refractivity contribution is 9.10. The summed E-state index contributed by atoms with van der Waals surface area (Å²) < 4.78 is 22.6. The quantitative estimate of drug-likeness (QED) is 0.829. The van der Waals surface area contributed by atoms with Crippen molar-refractivity contribution in [1.29, 1.82) is 0 Å². The van der Waals surface area contributed by atoms with Crippen molar-refractivity contribution in [2.45, 2.75) is 6.42 Å². The number of hydrogen-bond donors (Lipinski definition) is 1. The average molecular weight is 335 g/mol. The SMILES string of the molecule is NS(=O)(=O)CC1CC(=O)N(c2ccc(Br)nn2)C1. The van der Waals surface area contributed by atoms with Crippen LogP contribution in [0, 0.1) is 5.92 Å². The highest BCUT2D eigenvalue weighted by atomic mass is 79.9. The van der Waals surface area contributed by atoms with E-state index in [0.717, 1.165) is 0 Å². The summed E-state index contributed by atoms with van der Waals surface area (Å²) in [6.45, 7) is 0.297. The maximum Gasteiger partial charge on any atom is 0.228 e. The Morgan fingerprint density at radius 3 is 2.72 bits per heavy atom. The second-order valence-electron chi connectivity index (χ2n) is 4.12. The fourth-order valence-corrected chi connectivity index (χ4v) is 2.99. The standard InChI is InChI=1S/C9H11BrN4O3S/c10-7-1-2-8(13-12-7)14-4-6(3-9(14)15)5-18(11,16)17/h1-2,6H,3-5H2,(H2,11,16,17). The molecule has 1 aliphatic rings. The fraction of sp³-hybridized carbons (Fsp3) is 0.444. The van der Waals surface area contributed by atoms with E-state index in [2.05, 4.69) is 26.1 Å². The number of carbonyl (C=O) groups excluding carboxylic acids is 1. The molecular weight excluding hydrogens is 324 g/mol. The van der Waals surface area contributed by atoms with Crippen LogP contribution < -0.4 is 10.0 Å². The van der Waals surface area contributed by atoms with Gasteiger partial charge in [-0.15, -0.1) is 10.2 Å². The number of anilines is 1. The second-order valence-corrected chi connectivity index (χ2v) is 6.59. The van der Waals surface area contributed by atoms with Crippen molar-refractivity contribution in [2.75, 3.05) is 17.2 Å². The number of nitrogens with two attached hydrogens (primary N) is 1. The lowest BCUT2D eigenvalue weighted by Crippen LogP contribution is -2.28. The van der Waals surface area contributed by atoms with Gasteiger partial charge in [-0.05, 0) is 28.1 Å². The maximum absolute atomic E-state index is 11.8. The zero-order valence-electron chi connectivity index (χ0n) is 9.28. The summed E-state index contributed by atoms with van der Waals surface area (Å²) in [4.78, 5) is 13.2. The van der Waals surface area contributed by atoms with E-state index in [1.807, 2.05) is 0 Å². The van der Waals surface area contributed by atoms with Gasteiger partial charge >= 0.3 is 0 Å². The largest absolute Gasteiger partial charge is 0.295 e. The minimum Gasteiger partial charge on any atom is -0.295 e. The summed E-state index contributed by atoms with van der Waals surface area (Å²) in [7, 11) is -3.57. The van der Waals surface area contributed by atoms with Crippen LogP contribution in [0.2, 0.25) is 0 Å². The van der Waals surface area contributed by atoms with Crippen molar-refractivity contribution in [3.63, 3.8) is 0 Å². The van der Waals surface area contributed by atoms with Gasteiger partial charge in [0, 0.05) is 18.9 Å². The fourth-order valence-electron chi connectivity index (χ4n) is 1.90. The van der Waals surface area contributed by atoms with E-state index in [1.54, 1.807) is 12.1 Å². The lowest BCUT2D eigenvalue weighted by molar-refractivity contribution is -0.117. The molecule has 0 saturated carbocycles. The Kier molecular flexibility index (Phi) is 3.64. The summed E-state index contributed by atoms with van der Waals surface area (Å²) in [5.74, 6) is -0.238. The van der Waals surface area contributed by atoms with Crippen LogP contribution in [0.4, 0.5) is 5.82 Å². The number of nitrogens with zero attached hydrogens (tertiary/aromatic N) is 3. The van der Waals surface area contributed by atoms with E-state index in [1.165, 1.54) is 4.90 Å². The smallest absolute Gasteiger partial charge is 0.228 e. The molecule has 18 heavy (non-hydrogen) atoms. The molecule has 2 N–H and O–H groups in total. The van der Waals surface area contributed by atoms with Crippen LogP contribution in [-0.2, 0) is 14.8 Å². The monoisotopic (exact) mass is 334 g/mol. The molecule has 0 bridgehead atoms. The molecule has 0 radical (unpaired) electrons. The molecule has 1 aromatic rings. The van der Waals surface area contributed by atoms with Gasteiger partial charge in [-0.25, -0.2) is 13.6 Å². The van der Waals surface area contributed by atoms with Crippen molar-refractivity contribution in [1.82, 2.24) is 10.2 Å². The van der Waals surface area contributed by atoms with Crippen LogP contribution >= 0.6 is 15.9 Å². The van der Waals surface area contributed by atoms with Crippen molar-refractivity contribution in [3.8, 4) is 0 Å². The van der Waals surface area contributed by atoms with Gasteiger partial charge < -0.3 is 0 Å². The van der Waals surface area contributed by atoms with Gasteiger partial charge in [-0.3, -0.25) is 9.69 Å². The Morgan fingerprint density at radius 2 is 2.17 bits per heavy atom. The molecule has 2 heterocycles. The van der Waals surface area contributed by atoms with Gasteiger partial charge in [0.15, 0.2) is 5.82 Å². The number of hydrogen-bond acceptors (Lipinski definition) is 5. The third kappa shape index (κ3) is 3.24. The third-order valence-corrected chi connectivity index (χ3v) is 3.93. The van der Waals surface area contributed by atoms with E-state index >= 15 is 0 Å². The molecule has 7 nitrogen and oxygen atoms in total. The zero-order chi connectivity index (χ0) is 13.3. The van der Waals surface area contributed by atoms with Crippen molar-refractivity contribution in [3.05, 3.63) is 16.7 Å². The Hall–Kier alpha value is -1.06. The van der Waals surface area contributed by atoms with Gasteiger partial charge in [0.25, 0.3) is 0 Å². The molecule has 1 fully saturated rings. The van der Waals surface area contributed by atoms with Crippen LogP contribution in [0.5, 0.6) is 0 Å². The third-order valence-electron chi connectivity index (χ3n) is 2.57. The van der Waals surface area contributed by atoms with Gasteiger partial charge in [-0.1, -0.05) is 0 Å². The molecule has 98 valence electrons. The Balaban J connectivity index is 2.12.